The van der Waals surface area contributed by atoms with Gasteiger partial charge in [-0.2, -0.15) is 0 Å². The largest absolute Gasteiger partial charge is 0.496 e. The van der Waals surface area contributed by atoms with Crippen LogP contribution in [0.3, 0.4) is 0 Å². The fraction of sp³-hybridized carbons (Fsp3) is 0.667. The molecule has 3 nitrogen and oxygen atoms in total. The Balaban J connectivity index is 2.71. The SMILES string of the molecule is CCNC(CCN(CC)CC)Cc1cc(C)ccc1OC. The van der Waals surface area contributed by atoms with E-state index >= 15 is 0 Å². The number of hydrogen-bond donors (Lipinski definition) is 1. The van der Waals surface area contributed by atoms with Crippen LogP contribution in [0.2, 0.25) is 0 Å². The Labute approximate surface area is 130 Å². The van der Waals surface area contributed by atoms with Crippen LogP contribution in [-0.2, 0) is 6.42 Å². The van der Waals surface area contributed by atoms with Crippen LogP contribution in [-0.4, -0.2) is 44.2 Å². The molecule has 0 aliphatic rings. The Morgan fingerprint density at radius 1 is 1.19 bits per heavy atom. The molecule has 0 aliphatic carbocycles. The summed E-state index contributed by atoms with van der Waals surface area (Å²) in [4.78, 5) is 2.48. The van der Waals surface area contributed by atoms with E-state index in [1.165, 1.54) is 17.5 Å². The van der Waals surface area contributed by atoms with Gasteiger partial charge < -0.3 is 15.0 Å². The van der Waals surface area contributed by atoms with Gasteiger partial charge in [-0.15, -0.1) is 0 Å². The maximum Gasteiger partial charge on any atom is 0.122 e. The third-order valence-corrected chi connectivity index (χ3v) is 4.08. The van der Waals surface area contributed by atoms with Crippen molar-refractivity contribution < 1.29 is 4.74 Å². The Bertz CT molecular complexity index is 402. The molecule has 0 aliphatic heterocycles. The molecule has 0 aromatic heterocycles. The van der Waals surface area contributed by atoms with Crippen LogP contribution in [0, 0.1) is 6.92 Å². The van der Waals surface area contributed by atoms with Crippen molar-refractivity contribution in [1.29, 1.82) is 0 Å². The molecule has 0 saturated carbocycles. The third-order valence-electron chi connectivity index (χ3n) is 4.08. The van der Waals surface area contributed by atoms with Crippen LogP contribution >= 0.6 is 0 Å². The summed E-state index contributed by atoms with van der Waals surface area (Å²) in [6.07, 6.45) is 2.20. The molecule has 0 bridgehead atoms. The highest BCUT2D eigenvalue weighted by atomic mass is 16.5. The van der Waals surface area contributed by atoms with Crippen molar-refractivity contribution in [2.24, 2.45) is 0 Å². The zero-order valence-electron chi connectivity index (χ0n) is 14.4. The van der Waals surface area contributed by atoms with E-state index in [0.717, 1.165) is 38.3 Å². The number of benzene rings is 1. The van der Waals surface area contributed by atoms with E-state index in [4.69, 9.17) is 4.74 Å². The number of hydrogen-bond acceptors (Lipinski definition) is 3. The average molecular weight is 292 g/mol. The minimum atomic E-state index is 0.506. The van der Waals surface area contributed by atoms with Gasteiger partial charge in [0.2, 0.25) is 0 Å². The molecule has 0 amide bonds. The number of likely N-dealkylation sites (N-methyl/N-ethyl adjacent to an activating group) is 1. The summed E-state index contributed by atoms with van der Waals surface area (Å²) in [5.74, 6) is 1.01. The molecule has 1 unspecified atom stereocenters. The second kappa shape index (κ2) is 9.80. The molecule has 3 heteroatoms. The molecule has 1 atom stereocenters. The molecular formula is C18H32N2O. The number of nitrogens with one attached hydrogen (secondary N) is 1. The van der Waals surface area contributed by atoms with Gasteiger partial charge in [0, 0.05) is 6.04 Å². The molecule has 0 fully saturated rings. The van der Waals surface area contributed by atoms with Crippen LogP contribution in [0.5, 0.6) is 5.75 Å². The highest BCUT2D eigenvalue weighted by Crippen LogP contribution is 2.22. The summed E-state index contributed by atoms with van der Waals surface area (Å²) in [5, 5.41) is 3.62. The number of nitrogens with zero attached hydrogens (tertiary/aromatic N) is 1. The number of rotatable bonds is 10. The number of aryl methyl sites for hydroxylation is 1. The average Bonchev–Trinajstić information content (AvgIpc) is 2.48. The fourth-order valence-electron chi connectivity index (χ4n) is 2.78. The molecule has 1 N–H and O–H groups in total. The first-order valence-electron chi connectivity index (χ1n) is 8.23. The lowest BCUT2D eigenvalue weighted by Gasteiger charge is -2.24. The third kappa shape index (κ3) is 6.06. The monoisotopic (exact) mass is 292 g/mol. The smallest absolute Gasteiger partial charge is 0.122 e. The lowest BCUT2D eigenvalue weighted by Crippen LogP contribution is -2.35. The van der Waals surface area contributed by atoms with Crippen molar-refractivity contribution in [1.82, 2.24) is 10.2 Å². The zero-order valence-corrected chi connectivity index (χ0v) is 14.4. The molecule has 0 saturated heterocycles. The van der Waals surface area contributed by atoms with E-state index in [-0.39, 0.29) is 0 Å². The van der Waals surface area contributed by atoms with Gasteiger partial charge in [0.1, 0.15) is 5.75 Å². The maximum atomic E-state index is 5.51. The van der Waals surface area contributed by atoms with Gasteiger partial charge in [0.15, 0.2) is 0 Å². The normalized spacial score (nSPS) is 12.7. The van der Waals surface area contributed by atoms with E-state index in [2.05, 4.69) is 56.1 Å². The van der Waals surface area contributed by atoms with Gasteiger partial charge in [0.25, 0.3) is 0 Å². The fourth-order valence-corrected chi connectivity index (χ4v) is 2.78. The van der Waals surface area contributed by atoms with Crippen LogP contribution in [0.15, 0.2) is 18.2 Å². The second-order valence-corrected chi connectivity index (χ2v) is 5.59. The molecule has 1 rings (SSSR count). The highest BCUT2D eigenvalue weighted by Gasteiger charge is 2.13. The van der Waals surface area contributed by atoms with Gasteiger partial charge in [-0.3, -0.25) is 0 Å². The van der Waals surface area contributed by atoms with Crippen molar-refractivity contribution in [3.8, 4) is 5.75 Å². The Morgan fingerprint density at radius 2 is 1.90 bits per heavy atom. The van der Waals surface area contributed by atoms with Crippen LogP contribution in [0.1, 0.15) is 38.3 Å². The molecule has 1 aromatic rings. The summed E-state index contributed by atoms with van der Waals surface area (Å²) in [6, 6.07) is 6.95. The van der Waals surface area contributed by atoms with Crippen LogP contribution in [0.25, 0.3) is 0 Å². The molecule has 0 spiro atoms. The first-order chi connectivity index (χ1) is 10.1. The lowest BCUT2D eigenvalue weighted by atomic mass is 10.00. The maximum absolute atomic E-state index is 5.51. The van der Waals surface area contributed by atoms with Crippen molar-refractivity contribution in [2.75, 3.05) is 33.3 Å². The van der Waals surface area contributed by atoms with Crippen molar-refractivity contribution in [3.05, 3.63) is 29.3 Å². The quantitative estimate of drug-likeness (QED) is 0.716. The van der Waals surface area contributed by atoms with E-state index in [0.29, 0.717) is 6.04 Å². The minimum absolute atomic E-state index is 0.506. The highest BCUT2D eigenvalue weighted by molar-refractivity contribution is 5.37. The van der Waals surface area contributed by atoms with E-state index in [9.17, 15) is 0 Å². The second-order valence-electron chi connectivity index (χ2n) is 5.59. The van der Waals surface area contributed by atoms with E-state index < -0.39 is 0 Å². The summed E-state index contributed by atoms with van der Waals surface area (Å²) < 4.78 is 5.51. The van der Waals surface area contributed by atoms with Gasteiger partial charge in [-0.05, 0) is 57.6 Å². The zero-order chi connectivity index (χ0) is 15.7. The van der Waals surface area contributed by atoms with Gasteiger partial charge >= 0.3 is 0 Å². The summed E-state index contributed by atoms with van der Waals surface area (Å²) in [7, 11) is 1.76. The number of methoxy groups -OCH3 is 1. The van der Waals surface area contributed by atoms with Crippen molar-refractivity contribution in [3.63, 3.8) is 0 Å². The first-order valence-corrected chi connectivity index (χ1v) is 8.23. The van der Waals surface area contributed by atoms with Gasteiger partial charge in [-0.25, -0.2) is 0 Å². The van der Waals surface area contributed by atoms with Crippen LogP contribution < -0.4 is 10.1 Å². The summed E-state index contributed by atoms with van der Waals surface area (Å²) in [6.45, 7) is 13.2. The Kier molecular flexibility index (Phi) is 8.40. The predicted octanol–water partition coefficient (Wildman–Crippen LogP) is 3.26. The molecule has 0 radical (unpaired) electrons. The molecule has 1 aromatic carbocycles. The molecular weight excluding hydrogens is 260 g/mol. The molecule has 120 valence electrons. The summed E-state index contributed by atoms with van der Waals surface area (Å²) in [5.41, 5.74) is 2.60. The van der Waals surface area contributed by atoms with Gasteiger partial charge in [0.05, 0.1) is 7.11 Å². The van der Waals surface area contributed by atoms with Crippen molar-refractivity contribution in [2.45, 2.75) is 46.6 Å². The van der Waals surface area contributed by atoms with Crippen LogP contribution in [0.4, 0.5) is 0 Å². The first kappa shape index (κ1) is 18.0. The van der Waals surface area contributed by atoms with Gasteiger partial charge in [-0.1, -0.05) is 38.5 Å². The Morgan fingerprint density at radius 3 is 2.48 bits per heavy atom. The topological polar surface area (TPSA) is 24.5 Å². The summed E-state index contributed by atoms with van der Waals surface area (Å²) >= 11 is 0. The van der Waals surface area contributed by atoms with E-state index in [1.54, 1.807) is 7.11 Å². The number of ether oxygens (including phenoxy) is 1. The lowest BCUT2D eigenvalue weighted by molar-refractivity contribution is 0.280. The standard InChI is InChI=1S/C18H32N2O/c1-6-19-17(11-12-20(7-2)8-3)14-16-13-15(4)9-10-18(16)21-5/h9-10,13,17,19H,6-8,11-12,14H2,1-5H3. The van der Waals surface area contributed by atoms with E-state index in [1.807, 2.05) is 0 Å². The Hall–Kier alpha value is -1.06. The minimum Gasteiger partial charge on any atom is -0.496 e. The predicted molar refractivity (Wildman–Crippen MR) is 91.3 cm³/mol. The molecule has 0 heterocycles. The molecule has 21 heavy (non-hydrogen) atoms. The van der Waals surface area contributed by atoms with Crippen molar-refractivity contribution >= 4 is 0 Å².